The number of hydrogen-bond acceptors (Lipinski definition) is 6. The largest absolute Gasteiger partial charge is 0.452 e. The molecule has 0 atom stereocenters. The van der Waals surface area contributed by atoms with Gasteiger partial charge in [0.15, 0.2) is 6.61 Å². The first-order chi connectivity index (χ1) is 14.8. The number of nitrogens with one attached hydrogen (secondary N) is 1. The lowest BCUT2D eigenvalue weighted by molar-refractivity contribution is -0.124. The van der Waals surface area contributed by atoms with Crippen molar-refractivity contribution >= 4 is 21.9 Å². The number of amides is 1. The van der Waals surface area contributed by atoms with Gasteiger partial charge in [-0.1, -0.05) is 35.9 Å². The lowest BCUT2D eigenvalue weighted by Gasteiger charge is -2.26. The average Bonchev–Trinajstić information content (AvgIpc) is 2.78. The lowest BCUT2D eigenvalue weighted by atomic mass is 10.1. The minimum absolute atomic E-state index is 0.00997. The van der Waals surface area contributed by atoms with Crippen LogP contribution in [0.2, 0.25) is 0 Å². The Kier molecular flexibility index (Phi) is 7.42. The van der Waals surface area contributed by atoms with Crippen molar-refractivity contribution in [1.29, 1.82) is 0 Å². The standard InChI is InChI=1S/C22H26N2O6S/c1-16-3-6-18(7-4-16)14-23-21(25)15-30-22(26)20-13-19(8-5-17(20)2)31(27,28)24-9-11-29-12-10-24/h3-8,13H,9-12,14-15H2,1-2H3,(H,23,25). The van der Waals surface area contributed by atoms with E-state index in [4.69, 9.17) is 9.47 Å². The molecule has 8 nitrogen and oxygen atoms in total. The van der Waals surface area contributed by atoms with E-state index in [9.17, 15) is 18.0 Å². The monoisotopic (exact) mass is 446 g/mol. The average molecular weight is 447 g/mol. The number of esters is 1. The van der Waals surface area contributed by atoms with E-state index in [1.165, 1.54) is 16.4 Å². The summed E-state index contributed by atoms with van der Waals surface area (Å²) in [6.45, 7) is 4.71. The van der Waals surface area contributed by atoms with Crippen LogP contribution in [0.3, 0.4) is 0 Å². The Morgan fingerprint density at radius 1 is 1.06 bits per heavy atom. The summed E-state index contributed by atoms with van der Waals surface area (Å²) in [6, 6.07) is 12.0. The van der Waals surface area contributed by atoms with Crippen LogP contribution in [0, 0.1) is 13.8 Å². The van der Waals surface area contributed by atoms with Gasteiger partial charge in [0, 0.05) is 19.6 Å². The van der Waals surface area contributed by atoms with Gasteiger partial charge in [0.2, 0.25) is 10.0 Å². The van der Waals surface area contributed by atoms with Crippen molar-refractivity contribution in [3.8, 4) is 0 Å². The van der Waals surface area contributed by atoms with E-state index < -0.39 is 28.5 Å². The van der Waals surface area contributed by atoms with Gasteiger partial charge in [-0.05, 0) is 37.1 Å². The highest BCUT2D eigenvalue weighted by atomic mass is 32.2. The molecule has 1 aliphatic rings. The van der Waals surface area contributed by atoms with Crippen LogP contribution in [0.4, 0.5) is 0 Å². The van der Waals surface area contributed by atoms with Gasteiger partial charge in [0.05, 0.1) is 23.7 Å². The second kappa shape index (κ2) is 10.0. The molecule has 1 amide bonds. The number of benzene rings is 2. The topological polar surface area (TPSA) is 102 Å². The lowest BCUT2D eigenvalue weighted by Crippen LogP contribution is -2.40. The van der Waals surface area contributed by atoms with Gasteiger partial charge < -0.3 is 14.8 Å². The molecule has 2 aromatic carbocycles. The predicted molar refractivity (Wildman–Crippen MR) is 114 cm³/mol. The maximum atomic E-state index is 12.8. The van der Waals surface area contributed by atoms with Gasteiger partial charge in [-0.3, -0.25) is 4.79 Å². The smallest absolute Gasteiger partial charge is 0.338 e. The molecule has 0 radical (unpaired) electrons. The molecule has 31 heavy (non-hydrogen) atoms. The fourth-order valence-electron chi connectivity index (χ4n) is 3.08. The number of rotatable bonds is 7. The number of carbonyl (C=O) groups excluding carboxylic acids is 2. The highest BCUT2D eigenvalue weighted by molar-refractivity contribution is 7.89. The number of sulfonamides is 1. The molecule has 2 aromatic rings. The van der Waals surface area contributed by atoms with Crippen LogP contribution in [0.5, 0.6) is 0 Å². The molecule has 1 heterocycles. The van der Waals surface area contributed by atoms with E-state index in [0.717, 1.165) is 11.1 Å². The van der Waals surface area contributed by atoms with Gasteiger partial charge >= 0.3 is 5.97 Å². The van der Waals surface area contributed by atoms with E-state index in [1.807, 2.05) is 31.2 Å². The molecule has 0 saturated carbocycles. The van der Waals surface area contributed by atoms with Crippen molar-refractivity contribution in [3.05, 3.63) is 64.7 Å². The molecule has 1 N–H and O–H groups in total. The Bertz CT molecular complexity index is 1040. The van der Waals surface area contributed by atoms with Crippen LogP contribution in [-0.4, -0.2) is 57.5 Å². The number of hydrogen-bond donors (Lipinski definition) is 1. The molecule has 9 heteroatoms. The number of ether oxygens (including phenoxy) is 2. The Morgan fingerprint density at radius 2 is 1.74 bits per heavy atom. The predicted octanol–water partition coefficient (Wildman–Crippen LogP) is 1.80. The first kappa shape index (κ1) is 22.9. The summed E-state index contributed by atoms with van der Waals surface area (Å²) >= 11 is 0. The van der Waals surface area contributed by atoms with Gasteiger partial charge in [-0.15, -0.1) is 0 Å². The molecular formula is C22H26N2O6S. The van der Waals surface area contributed by atoms with E-state index in [1.54, 1.807) is 13.0 Å². The zero-order valence-electron chi connectivity index (χ0n) is 17.6. The van der Waals surface area contributed by atoms with Crippen LogP contribution < -0.4 is 5.32 Å². The number of aryl methyl sites for hydroxylation is 2. The van der Waals surface area contributed by atoms with Crippen LogP contribution in [0.15, 0.2) is 47.4 Å². The van der Waals surface area contributed by atoms with Gasteiger partial charge in [0.25, 0.3) is 5.91 Å². The Balaban J connectivity index is 1.61. The van der Waals surface area contributed by atoms with Crippen LogP contribution in [0.25, 0.3) is 0 Å². The summed E-state index contributed by atoms with van der Waals surface area (Å²) < 4.78 is 37.3. The van der Waals surface area contributed by atoms with Crippen LogP contribution >= 0.6 is 0 Å². The summed E-state index contributed by atoms with van der Waals surface area (Å²) in [7, 11) is -3.74. The molecule has 0 aromatic heterocycles. The first-order valence-electron chi connectivity index (χ1n) is 9.95. The quantitative estimate of drug-likeness (QED) is 0.651. The normalized spacial score (nSPS) is 14.8. The molecule has 0 spiro atoms. The van der Waals surface area contributed by atoms with Crippen molar-refractivity contribution in [2.24, 2.45) is 0 Å². The minimum atomic E-state index is -3.74. The van der Waals surface area contributed by atoms with Crippen molar-refractivity contribution < 1.29 is 27.5 Å². The zero-order valence-corrected chi connectivity index (χ0v) is 18.4. The number of nitrogens with zero attached hydrogens (tertiary/aromatic N) is 1. The maximum Gasteiger partial charge on any atom is 0.338 e. The molecule has 1 saturated heterocycles. The molecule has 1 aliphatic heterocycles. The van der Waals surface area contributed by atoms with Crippen molar-refractivity contribution in [2.45, 2.75) is 25.3 Å². The van der Waals surface area contributed by atoms with Crippen molar-refractivity contribution in [1.82, 2.24) is 9.62 Å². The third kappa shape index (κ3) is 5.90. The van der Waals surface area contributed by atoms with Gasteiger partial charge in [-0.2, -0.15) is 4.31 Å². The van der Waals surface area contributed by atoms with E-state index in [0.29, 0.717) is 25.3 Å². The second-order valence-corrected chi connectivity index (χ2v) is 9.27. The third-order valence-corrected chi connectivity index (χ3v) is 6.88. The van der Waals surface area contributed by atoms with Crippen molar-refractivity contribution in [2.75, 3.05) is 32.9 Å². The molecule has 0 bridgehead atoms. The SMILES string of the molecule is Cc1ccc(CNC(=O)COC(=O)c2cc(S(=O)(=O)N3CCOCC3)ccc2C)cc1. The molecular weight excluding hydrogens is 420 g/mol. The zero-order chi connectivity index (χ0) is 22.4. The van der Waals surface area contributed by atoms with Gasteiger partial charge in [0.1, 0.15) is 0 Å². The first-order valence-corrected chi connectivity index (χ1v) is 11.4. The highest BCUT2D eigenvalue weighted by Crippen LogP contribution is 2.21. The van der Waals surface area contributed by atoms with Crippen LogP contribution in [0.1, 0.15) is 27.0 Å². The number of morpholine rings is 1. The minimum Gasteiger partial charge on any atom is -0.452 e. The highest BCUT2D eigenvalue weighted by Gasteiger charge is 2.27. The molecule has 0 unspecified atom stereocenters. The Hall–Kier alpha value is -2.75. The molecule has 0 aliphatic carbocycles. The van der Waals surface area contributed by atoms with Crippen molar-refractivity contribution in [3.63, 3.8) is 0 Å². The Morgan fingerprint density at radius 3 is 2.42 bits per heavy atom. The third-order valence-electron chi connectivity index (χ3n) is 4.98. The maximum absolute atomic E-state index is 12.8. The summed E-state index contributed by atoms with van der Waals surface area (Å²) in [5, 5.41) is 2.69. The van der Waals surface area contributed by atoms with E-state index in [2.05, 4.69) is 5.32 Å². The Labute approximate surface area is 182 Å². The van der Waals surface area contributed by atoms with E-state index >= 15 is 0 Å². The fraction of sp³-hybridized carbons (Fsp3) is 0.364. The summed E-state index contributed by atoms with van der Waals surface area (Å²) in [5.41, 5.74) is 2.73. The summed E-state index contributed by atoms with van der Waals surface area (Å²) in [5.74, 6) is -1.19. The second-order valence-electron chi connectivity index (χ2n) is 7.33. The molecule has 166 valence electrons. The van der Waals surface area contributed by atoms with E-state index in [-0.39, 0.29) is 23.5 Å². The van der Waals surface area contributed by atoms with Crippen LogP contribution in [-0.2, 0) is 30.8 Å². The number of carbonyl (C=O) groups is 2. The van der Waals surface area contributed by atoms with Gasteiger partial charge in [-0.25, -0.2) is 13.2 Å². The fourth-order valence-corrected chi connectivity index (χ4v) is 4.52. The summed E-state index contributed by atoms with van der Waals surface area (Å²) in [4.78, 5) is 24.6. The molecule has 3 rings (SSSR count). The molecule has 1 fully saturated rings. The summed E-state index contributed by atoms with van der Waals surface area (Å²) in [6.07, 6.45) is 0.